The minimum atomic E-state index is 0.314. The van der Waals surface area contributed by atoms with E-state index in [1.165, 1.54) is 16.1 Å². The van der Waals surface area contributed by atoms with Gasteiger partial charge in [0.15, 0.2) is 0 Å². The third kappa shape index (κ3) is 2.86. The molecule has 1 unspecified atom stereocenters. The molecule has 0 fully saturated rings. The summed E-state index contributed by atoms with van der Waals surface area (Å²) in [6.07, 6.45) is 1.07. The first-order valence-corrected chi connectivity index (χ1v) is 6.84. The molecule has 17 heavy (non-hydrogen) atoms. The second kappa shape index (κ2) is 5.32. The van der Waals surface area contributed by atoms with E-state index in [-0.39, 0.29) is 0 Å². The molecule has 0 bridgehead atoms. The highest BCUT2D eigenvalue weighted by atomic mass is 32.1. The highest BCUT2D eigenvalue weighted by Crippen LogP contribution is 2.25. The van der Waals surface area contributed by atoms with Crippen molar-refractivity contribution in [2.24, 2.45) is 0 Å². The van der Waals surface area contributed by atoms with Gasteiger partial charge < -0.3 is 5.32 Å². The average Bonchev–Trinajstić information content (AvgIpc) is 2.76. The molecular weight excluding hydrogens is 228 g/mol. The number of hydrogen-bond acceptors (Lipinski definition) is 3. The Hall–Kier alpha value is -1.35. The molecule has 1 aromatic heterocycles. The van der Waals surface area contributed by atoms with Crippen LogP contribution in [0.25, 0.3) is 0 Å². The topological polar surface area (TPSA) is 24.9 Å². The van der Waals surface area contributed by atoms with Crippen LogP contribution in [0.5, 0.6) is 0 Å². The molecule has 0 spiro atoms. The highest BCUT2D eigenvalue weighted by Gasteiger charge is 2.10. The van der Waals surface area contributed by atoms with Crippen molar-refractivity contribution < 1.29 is 0 Å². The van der Waals surface area contributed by atoms with Gasteiger partial charge in [-0.25, -0.2) is 4.98 Å². The van der Waals surface area contributed by atoms with Crippen LogP contribution in [0.1, 0.15) is 36.0 Å². The molecule has 1 heterocycles. The van der Waals surface area contributed by atoms with E-state index in [0.29, 0.717) is 6.04 Å². The summed E-state index contributed by atoms with van der Waals surface area (Å²) in [5.41, 5.74) is 5.58. The maximum absolute atomic E-state index is 4.29. The van der Waals surface area contributed by atoms with Gasteiger partial charge in [-0.1, -0.05) is 19.1 Å². The lowest BCUT2D eigenvalue weighted by molar-refractivity contribution is 0.889. The first-order valence-electron chi connectivity index (χ1n) is 5.96. The summed E-state index contributed by atoms with van der Waals surface area (Å²) in [5.74, 6) is 0. The third-order valence-electron chi connectivity index (χ3n) is 2.89. The van der Waals surface area contributed by atoms with Gasteiger partial charge in [-0.15, -0.1) is 11.3 Å². The Labute approximate surface area is 107 Å². The molecule has 0 aliphatic rings. The van der Waals surface area contributed by atoms with E-state index in [2.05, 4.69) is 55.3 Å². The summed E-state index contributed by atoms with van der Waals surface area (Å²) in [7, 11) is 0. The van der Waals surface area contributed by atoms with Gasteiger partial charge in [0.05, 0.1) is 17.2 Å². The number of benzene rings is 1. The van der Waals surface area contributed by atoms with Crippen molar-refractivity contribution in [3.05, 3.63) is 45.9 Å². The molecular formula is C14H18N2S. The second-order valence-corrected chi connectivity index (χ2v) is 5.11. The molecule has 2 nitrogen and oxygen atoms in total. The first-order chi connectivity index (χ1) is 8.20. The molecule has 2 aromatic rings. The predicted octanol–water partition coefficient (Wildman–Crippen LogP) is 4.19. The molecule has 1 N–H and O–H groups in total. The molecule has 0 saturated carbocycles. The molecule has 1 atom stereocenters. The van der Waals surface area contributed by atoms with Crippen LogP contribution in [0.4, 0.5) is 5.69 Å². The largest absolute Gasteiger partial charge is 0.378 e. The van der Waals surface area contributed by atoms with Crippen LogP contribution in [0, 0.1) is 6.92 Å². The van der Waals surface area contributed by atoms with Crippen molar-refractivity contribution in [3.63, 3.8) is 0 Å². The van der Waals surface area contributed by atoms with Crippen molar-refractivity contribution >= 4 is 17.0 Å². The van der Waals surface area contributed by atoms with Gasteiger partial charge in [0.1, 0.15) is 0 Å². The smallest absolute Gasteiger partial charge is 0.0798 e. The van der Waals surface area contributed by atoms with E-state index >= 15 is 0 Å². The Morgan fingerprint density at radius 1 is 1.41 bits per heavy atom. The Morgan fingerprint density at radius 3 is 2.88 bits per heavy atom. The number of aromatic nitrogens is 1. The Bertz CT molecular complexity index is 490. The summed E-state index contributed by atoms with van der Waals surface area (Å²) in [6, 6.07) is 8.91. The summed E-state index contributed by atoms with van der Waals surface area (Å²) < 4.78 is 0. The zero-order valence-corrected chi connectivity index (χ0v) is 11.3. The van der Waals surface area contributed by atoms with E-state index in [1.807, 2.05) is 5.51 Å². The SMILES string of the molecule is CCc1cccc(NC(C)c2scnc2C)c1. The number of rotatable bonds is 4. The molecule has 0 amide bonds. The van der Waals surface area contributed by atoms with Crippen molar-refractivity contribution in [1.29, 1.82) is 0 Å². The average molecular weight is 246 g/mol. The van der Waals surface area contributed by atoms with Crippen LogP contribution in [0.3, 0.4) is 0 Å². The second-order valence-electron chi connectivity index (χ2n) is 4.22. The number of hydrogen-bond donors (Lipinski definition) is 1. The number of anilines is 1. The van der Waals surface area contributed by atoms with E-state index in [1.54, 1.807) is 11.3 Å². The molecule has 90 valence electrons. The van der Waals surface area contributed by atoms with Gasteiger partial charge in [0.2, 0.25) is 0 Å². The number of nitrogens with one attached hydrogen (secondary N) is 1. The first kappa shape index (κ1) is 12.1. The standard InChI is InChI=1S/C14H18N2S/c1-4-12-6-5-7-13(8-12)16-11(3)14-10(2)15-9-17-14/h5-9,11,16H,4H2,1-3H3. The van der Waals surface area contributed by atoms with Gasteiger partial charge in [0, 0.05) is 10.6 Å². The van der Waals surface area contributed by atoms with Crippen LogP contribution in [0.15, 0.2) is 29.8 Å². The molecule has 0 aliphatic heterocycles. The monoisotopic (exact) mass is 246 g/mol. The fourth-order valence-electron chi connectivity index (χ4n) is 1.92. The van der Waals surface area contributed by atoms with Gasteiger partial charge in [-0.2, -0.15) is 0 Å². The van der Waals surface area contributed by atoms with Gasteiger partial charge in [-0.05, 0) is 38.0 Å². The minimum Gasteiger partial charge on any atom is -0.378 e. The maximum atomic E-state index is 4.29. The summed E-state index contributed by atoms with van der Waals surface area (Å²) in [4.78, 5) is 5.60. The summed E-state index contributed by atoms with van der Waals surface area (Å²) in [6.45, 7) is 6.42. The lowest BCUT2D eigenvalue weighted by Crippen LogP contribution is -2.06. The lowest BCUT2D eigenvalue weighted by Gasteiger charge is -2.15. The fourth-order valence-corrected chi connectivity index (χ4v) is 2.73. The van der Waals surface area contributed by atoms with E-state index in [9.17, 15) is 0 Å². The van der Waals surface area contributed by atoms with Crippen molar-refractivity contribution in [1.82, 2.24) is 4.98 Å². The molecule has 0 radical (unpaired) electrons. The zero-order chi connectivity index (χ0) is 12.3. The van der Waals surface area contributed by atoms with Crippen LogP contribution >= 0.6 is 11.3 Å². The Kier molecular flexibility index (Phi) is 3.79. The van der Waals surface area contributed by atoms with E-state index in [4.69, 9.17) is 0 Å². The maximum Gasteiger partial charge on any atom is 0.0798 e. The third-order valence-corrected chi connectivity index (χ3v) is 4.01. The summed E-state index contributed by atoms with van der Waals surface area (Å²) >= 11 is 1.71. The van der Waals surface area contributed by atoms with Gasteiger partial charge in [0.25, 0.3) is 0 Å². The highest BCUT2D eigenvalue weighted by molar-refractivity contribution is 7.09. The van der Waals surface area contributed by atoms with Crippen LogP contribution in [0.2, 0.25) is 0 Å². The Balaban J connectivity index is 2.13. The van der Waals surface area contributed by atoms with Gasteiger partial charge >= 0.3 is 0 Å². The zero-order valence-electron chi connectivity index (χ0n) is 10.5. The molecule has 0 saturated heterocycles. The van der Waals surface area contributed by atoms with Gasteiger partial charge in [-0.3, -0.25) is 0 Å². The lowest BCUT2D eigenvalue weighted by atomic mass is 10.1. The van der Waals surface area contributed by atoms with E-state index in [0.717, 1.165) is 12.1 Å². The van der Waals surface area contributed by atoms with Crippen molar-refractivity contribution in [3.8, 4) is 0 Å². The quantitative estimate of drug-likeness (QED) is 0.875. The number of aryl methyl sites for hydroxylation is 2. The predicted molar refractivity (Wildman–Crippen MR) is 74.7 cm³/mol. The number of thiazole rings is 1. The van der Waals surface area contributed by atoms with Crippen LogP contribution in [-0.4, -0.2) is 4.98 Å². The Morgan fingerprint density at radius 2 is 2.24 bits per heavy atom. The minimum absolute atomic E-state index is 0.314. The molecule has 2 rings (SSSR count). The summed E-state index contributed by atoms with van der Waals surface area (Å²) in [5, 5.41) is 3.53. The normalized spacial score (nSPS) is 12.4. The molecule has 3 heteroatoms. The number of nitrogens with zero attached hydrogens (tertiary/aromatic N) is 1. The molecule has 1 aromatic carbocycles. The van der Waals surface area contributed by atoms with E-state index < -0.39 is 0 Å². The van der Waals surface area contributed by atoms with Crippen LogP contribution in [-0.2, 0) is 6.42 Å². The van der Waals surface area contributed by atoms with Crippen molar-refractivity contribution in [2.45, 2.75) is 33.2 Å². The fraction of sp³-hybridized carbons (Fsp3) is 0.357. The van der Waals surface area contributed by atoms with Crippen molar-refractivity contribution in [2.75, 3.05) is 5.32 Å². The molecule has 0 aliphatic carbocycles. The van der Waals surface area contributed by atoms with Crippen LogP contribution < -0.4 is 5.32 Å².